The standard InChI is InChI=1S/C22H23NO4/c1-22(2,3)16-8-6-14(7-9-16)10-19-21(24)27-20(23-19)15-11-17(25-4)13-18(12-15)26-5/h6-13H,1-5H3/b19-10+. The Morgan fingerprint density at radius 2 is 1.56 bits per heavy atom. The number of carbonyl (C=O) groups is 1. The molecule has 1 aliphatic rings. The molecule has 1 heterocycles. The smallest absolute Gasteiger partial charge is 0.363 e. The Bertz CT molecular complexity index is 896. The fourth-order valence-electron chi connectivity index (χ4n) is 2.70. The normalized spacial score (nSPS) is 15.5. The second kappa shape index (κ2) is 7.27. The number of esters is 1. The first kappa shape index (κ1) is 18.7. The van der Waals surface area contributed by atoms with Gasteiger partial charge in [0.15, 0.2) is 5.70 Å². The minimum atomic E-state index is -0.480. The number of aliphatic imine (C=N–C) groups is 1. The van der Waals surface area contributed by atoms with Crippen molar-refractivity contribution in [3.05, 3.63) is 64.9 Å². The van der Waals surface area contributed by atoms with Gasteiger partial charge in [0.25, 0.3) is 0 Å². The van der Waals surface area contributed by atoms with Crippen molar-refractivity contribution >= 4 is 17.9 Å². The quantitative estimate of drug-likeness (QED) is 0.597. The van der Waals surface area contributed by atoms with Crippen molar-refractivity contribution in [3.63, 3.8) is 0 Å². The highest BCUT2D eigenvalue weighted by Crippen LogP contribution is 2.27. The Balaban J connectivity index is 1.91. The molecule has 140 valence electrons. The lowest BCUT2D eigenvalue weighted by Crippen LogP contribution is -2.10. The van der Waals surface area contributed by atoms with Gasteiger partial charge in [0.05, 0.1) is 14.2 Å². The Hall–Kier alpha value is -3.08. The molecule has 5 nitrogen and oxygen atoms in total. The van der Waals surface area contributed by atoms with Gasteiger partial charge < -0.3 is 14.2 Å². The summed E-state index contributed by atoms with van der Waals surface area (Å²) in [6.07, 6.45) is 1.72. The molecule has 0 saturated heterocycles. The van der Waals surface area contributed by atoms with Crippen LogP contribution < -0.4 is 9.47 Å². The number of cyclic esters (lactones) is 1. The summed E-state index contributed by atoms with van der Waals surface area (Å²) in [6.45, 7) is 6.48. The van der Waals surface area contributed by atoms with Gasteiger partial charge in [0.2, 0.25) is 5.90 Å². The molecule has 2 aromatic rings. The molecule has 0 bridgehead atoms. The van der Waals surface area contributed by atoms with E-state index in [4.69, 9.17) is 14.2 Å². The average molecular weight is 365 g/mol. The molecule has 0 unspecified atom stereocenters. The number of ether oxygens (including phenoxy) is 3. The molecule has 0 spiro atoms. The summed E-state index contributed by atoms with van der Waals surface area (Å²) in [7, 11) is 3.13. The van der Waals surface area contributed by atoms with Crippen LogP contribution in [0.15, 0.2) is 53.2 Å². The van der Waals surface area contributed by atoms with Crippen LogP contribution in [0.4, 0.5) is 0 Å². The molecule has 0 aliphatic carbocycles. The third kappa shape index (κ3) is 4.19. The first-order valence-electron chi connectivity index (χ1n) is 8.67. The summed E-state index contributed by atoms with van der Waals surface area (Å²) >= 11 is 0. The number of benzene rings is 2. The minimum Gasteiger partial charge on any atom is -0.497 e. The highest BCUT2D eigenvalue weighted by atomic mass is 16.6. The van der Waals surface area contributed by atoms with Gasteiger partial charge in [-0.3, -0.25) is 0 Å². The van der Waals surface area contributed by atoms with Gasteiger partial charge in [0, 0.05) is 11.6 Å². The highest BCUT2D eigenvalue weighted by Gasteiger charge is 2.25. The van der Waals surface area contributed by atoms with Gasteiger partial charge in [-0.1, -0.05) is 45.0 Å². The monoisotopic (exact) mass is 365 g/mol. The van der Waals surface area contributed by atoms with Gasteiger partial charge in [-0.25, -0.2) is 9.79 Å². The lowest BCUT2D eigenvalue weighted by atomic mass is 9.87. The summed E-state index contributed by atoms with van der Waals surface area (Å²) in [6, 6.07) is 13.3. The molecule has 1 aliphatic heterocycles. The van der Waals surface area contributed by atoms with Crippen LogP contribution in [-0.2, 0) is 14.9 Å². The molecular weight excluding hydrogens is 342 g/mol. The van der Waals surface area contributed by atoms with Crippen molar-refractivity contribution in [2.75, 3.05) is 14.2 Å². The molecule has 5 heteroatoms. The first-order chi connectivity index (χ1) is 12.8. The van der Waals surface area contributed by atoms with Crippen LogP contribution in [0.25, 0.3) is 6.08 Å². The second-order valence-corrected chi connectivity index (χ2v) is 7.31. The predicted octanol–water partition coefficient (Wildman–Crippen LogP) is 4.35. The maximum Gasteiger partial charge on any atom is 0.363 e. The molecule has 0 atom stereocenters. The third-order valence-corrected chi connectivity index (χ3v) is 4.30. The van der Waals surface area contributed by atoms with Gasteiger partial charge in [0.1, 0.15) is 11.5 Å². The predicted molar refractivity (Wildman–Crippen MR) is 105 cm³/mol. The molecule has 0 amide bonds. The van der Waals surface area contributed by atoms with E-state index in [2.05, 4.69) is 37.9 Å². The third-order valence-electron chi connectivity index (χ3n) is 4.30. The van der Waals surface area contributed by atoms with E-state index in [1.54, 1.807) is 38.5 Å². The highest BCUT2D eigenvalue weighted by molar-refractivity contribution is 6.13. The molecule has 0 N–H and O–H groups in total. The zero-order valence-electron chi connectivity index (χ0n) is 16.2. The molecule has 0 radical (unpaired) electrons. The fraction of sp³-hybridized carbons (Fsp3) is 0.273. The van der Waals surface area contributed by atoms with Crippen molar-refractivity contribution in [1.82, 2.24) is 0 Å². The van der Waals surface area contributed by atoms with Crippen LogP contribution in [-0.4, -0.2) is 26.1 Å². The van der Waals surface area contributed by atoms with E-state index in [-0.39, 0.29) is 17.0 Å². The van der Waals surface area contributed by atoms with E-state index in [0.717, 1.165) is 5.56 Å². The Morgan fingerprint density at radius 1 is 0.963 bits per heavy atom. The summed E-state index contributed by atoms with van der Waals surface area (Å²) in [5.41, 5.74) is 3.07. The van der Waals surface area contributed by atoms with E-state index in [0.29, 0.717) is 17.1 Å². The zero-order chi connectivity index (χ0) is 19.6. The molecule has 2 aromatic carbocycles. The summed E-state index contributed by atoms with van der Waals surface area (Å²) in [5.74, 6) is 0.943. The van der Waals surface area contributed by atoms with Crippen LogP contribution in [0.2, 0.25) is 0 Å². The van der Waals surface area contributed by atoms with Crippen molar-refractivity contribution in [3.8, 4) is 11.5 Å². The van der Waals surface area contributed by atoms with Crippen molar-refractivity contribution < 1.29 is 19.0 Å². The fourth-order valence-corrected chi connectivity index (χ4v) is 2.70. The number of methoxy groups -OCH3 is 2. The number of hydrogen-bond acceptors (Lipinski definition) is 5. The van der Waals surface area contributed by atoms with Crippen LogP contribution in [0.3, 0.4) is 0 Å². The van der Waals surface area contributed by atoms with Crippen LogP contribution in [0.5, 0.6) is 11.5 Å². The van der Waals surface area contributed by atoms with Gasteiger partial charge >= 0.3 is 5.97 Å². The maximum absolute atomic E-state index is 12.2. The average Bonchev–Trinajstić information content (AvgIpc) is 3.01. The van der Waals surface area contributed by atoms with Crippen LogP contribution >= 0.6 is 0 Å². The largest absolute Gasteiger partial charge is 0.497 e. The van der Waals surface area contributed by atoms with E-state index < -0.39 is 5.97 Å². The Morgan fingerprint density at radius 3 is 2.07 bits per heavy atom. The number of nitrogens with zero attached hydrogens (tertiary/aromatic N) is 1. The van der Waals surface area contributed by atoms with Crippen molar-refractivity contribution in [1.29, 1.82) is 0 Å². The van der Waals surface area contributed by atoms with Crippen molar-refractivity contribution in [2.24, 2.45) is 4.99 Å². The van der Waals surface area contributed by atoms with Crippen molar-refractivity contribution in [2.45, 2.75) is 26.2 Å². The number of rotatable bonds is 4. The Kier molecular flexibility index (Phi) is 5.04. The molecule has 0 saturated carbocycles. The molecule has 3 rings (SSSR count). The molecule has 0 fully saturated rings. The lowest BCUT2D eigenvalue weighted by Gasteiger charge is -2.18. The molecule has 27 heavy (non-hydrogen) atoms. The van der Waals surface area contributed by atoms with E-state index >= 15 is 0 Å². The second-order valence-electron chi connectivity index (χ2n) is 7.31. The topological polar surface area (TPSA) is 57.1 Å². The summed E-state index contributed by atoms with van der Waals surface area (Å²) < 4.78 is 15.9. The van der Waals surface area contributed by atoms with E-state index in [9.17, 15) is 4.79 Å². The first-order valence-corrected chi connectivity index (χ1v) is 8.67. The van der Waals surface area contributed by atoms with E-state index in [1.807, 2.05) is 12.1 Å². The number of hydrogen-bond donors (Lipinski definition) is 0. The van der Waals surface area contributed by atoms with Crippen LogP contribution in [0.1, 0.15) is 37.5 Å². The summed E-state index contributed by atoms with van der Waals surface area (Å²) in [4.78, 5) is 16.6. The van der Waals surface area contributed by atoms with Crippen LogP contribution in [0, 0.1) is 0 Å². The zero-order valence-corrected chi connectivity index (χ0v) is 16.2. The maximum atomic E-state index is 12.2. The van der Waals surface area contributed by atoms with Gasteiger partial charge in [-0.15, -0.1) is 0 Å². The lowest BCUT2D eigenvalue weighted by molar-refractivity contribution is -0.129. The van der Waals surface area contributed by atoms with Gasteiger partial charge in [-0.2, -0.15) is 0 Å². The Labute approximate surface area is 159 Å². The summed E-state index contributed by atoms with van der Waals surface area (Å²) in [5, 5.41) is 0. The molecule has 0 aromatic heterocycles. The number of carbonyl (C=O) groups excluding carboxylic acids is 1. The SMILES string of the molecule is COc1cc(OC)cc(C2=N/C(=C/c3ccc(C(C)(C)C)cc3)C(=O)O2)c1. The van der Waals surface area contributed by atoms with Gasteiger partial charge in [-0.05, 0) is 34.8 Å². The molecular formula is C22H23NO4. The minimum absolute atomic E-state index is 0.0781. The van der Waals surface area contributed by atoms with E-state index in [1.165, 1.54) is 5.56 Å².